The third-order valence-electron chi connectivity index (χ3n) is 6.41. The number of fused-ring (bicyclic) bond motifs is 1. The van der Waals surface area contributed by atoms with Crippen molar-refractivity contribution in [2.75, 3.05) is 6.54 Å². The van der Waals surface area contributed by atoms with Gasteiger partial charge in [0.2, 0.25) is 0 Å². The Bertz CT molecular complexity index is 1310. The molecule has 34 heavy (non-hydrogen) atoms. The summed E-state index contributed by atoms with van der Waals surface area (Å²) in [4.78, 5) is 28.9. The highest BCUT2D eigenvalue weighted by molar-refractivity contribution is 7.10. The number of hydrogen-bond acceptors (Lipinski definition) is 5. The van der Waals surface area contributed by atoms with Gasteiger partial charge in [0.05, 0.1) is 11.6 Å². The average molecular weight is 494 g/mol. The summed E-state index contributed by atoms with van der Waals surface area (Å²) in [7, 11) is 0. The van der Waals surface area contributed by atoms with E-state index >= 15 is 0 Å². The molecule has 2 unspecified atom stereocenters. The third-order valence-corrected chi connectivity index (χ3v) is 7.74. The lowest BCUT2D eigenvalue weighted by Crippen LogP contribution is -2.31. The minimum absolute atomic E-state index is 0.0691. The topological polar surface area (TPSA) is 66.8 Å². The summed E-state index contributed by atoms with van der Waals surface area (Å²) in [6.45, 7) is 4.30. The van der Waals surface area contributed by atoms with Crippen molar-refractivity contribution in [2.24, 2.45) is 0 Å². The molecule has 2 aliphatic rings. The number of aliphatic hydroxyl groups excluding tert-OH is 1. The van der Waals surface area contributed by atoms with Gasteiger partial charge in [-0.15, -0.1) is 11.3 Å². The summed E-state index contributed by atoms with van der Waals surface area (Å²) in [5.41, 5.74) is 3.64. The van der Waals surface area contributed by atoms with E-state index in [1.54, 1.807) is 11.0 Å². The van der Waals surface area contributed by atoms with Crippen LogP contribution >= 0.6 is 22.9 Å². The second-order valence-corrected chi connectivity index (χ2v) is 10.2. The molecule has 3 heterocycles. The van der Waals surface area contributed by atoms with Crippen molar-refractivity contribution in [2.45, 2.75) is 38.8 Å². The molecule has 0 saturated carbocycles. The maximum atomic E-state index is 13.2. The fourth-order valence-corrected chi connectivity index (χ4v) is 5.85. The molecule has 1 saturated heterocycles. The summed E-state index contributed by atoms with van der Waals surface area (Å²) in [5, 5.41) is 13.9. The van der Waals surface area contributed by atoms with Gasteiger partial charge in [-0.05, 0) is 78.7 Å². The number of rotatable bonds is 5. The van der Waals surface area contributed by atoms with E-state index in [1.165, 1.54) is 11.3 Å². The highest BCUT2D eigenvalue weighted by Crippen LogP contribution is 2.43. The highest BCUT2D eigenvalue weighted by Gasteiger charge is 2.46. The number of benzene rings is 2. The molecule has 1 amide bonds. The number of nitrogens with zero attached hydrogens (tertiary/aromatic N) is 1. The lowest BCUT2D eigenvalue weighted by Gasteiger charge is -2.25. The van der Waals surface area contributed by atoms with E-state index in [9.17, 15) is 14.7 Å². The molecule has 0 aliphatic carbocycles. The van der Waals surface area contributed by atoms with Crippen LogP contribution in [0.25, 0.3) is 5.76 Å². The van der Waals surface area contributed by atoms with Crippen LogP contribution in [0.5, 0.6) is 5.75 Å². The Kier molecular flexibility index (Phi) is 5.96. The number of aryl methyl sites for hydroxylation is 1. The molecule has 2 aliphatic heterocycles. The van der Waals surface area contributed by atoms with E-state index < -0.39 is 17.7 Å². The van der Waals surface area contributed by atoms with Crippen LogP contribution in [0.2, 0.25) is 5.02 Å². The van der Waals surface area contributed by atoms with Crippen LogP contribution in [-0.2, 0) is 22.4 Å². The molecule has 7 heteroatoms. The second-order valence-electron chi connectivity index (χ2n) is 8.79. The zero-order chi connectivity index (χ0) is 24.0. The molecule has 1 aromatic heterocycles. The monoisotopic (exact) mass is 493 g/mol. The van der Waals surface area contributed by atoms with E-state index in [0.717, 1.165) is 33.7 Å². The van der Waals surface area contributed by atoms with Gasteiger partial charge in [0.15, 0.2) is 0 Å². The maximum Gasteiger partial charge on any atom is 0.295 e. The molecular weight excluding hydrogens is 470 g/mol. The first-order valence-electron chi connectivity index (χ1n) is 11.2. The summed E-state index contributed by atoms with van der Waals surface area (Å²) >= 11 is 7.48. The van der Waals surface area contributed by atoms with E-state index in [0.29, 0.717) is 23.6 Å². The van der Waals surface area contributed by atoms with Crippen molar-refractivity contribution in [1.29, 1.82) is 0 Å². The lowest BCUT2D eigenvalue weighted by molar-refractivity contribution is -0.139. The number of halogens is 1. The molecule has 1 N–H and O–H groups in total. The summed E-state index contributed by atoms with van der Waals surface area (Å²) in [6, 6.07) is 14.2. The van der Waals surface area contributed by atoms with Crippen LogP contribution in [0.15, 0.2) is 59.5 Å². The smallest absolute Gasteiger partial charge is 0.295 e. The van der Waals surface area contributed by atoms with E-state index in [4.69, 9.17) is 16.3 Å². The van der Waals surface area contributed by atoms with E-state index in [1.807, 2.05) is 61.7 Å². The third kappa shape index (κ3) is 4.01. The van der Waals surface area contributed by atoms with Gasteiger partial charge < -0.3 is 14.7 Å². The number of Topliss-reactive ketones (excluding diaryl/α,β-unsaturated/α-hetero) is 1. The van der Waals surface area contributed by atoms with Gasteiger partial charge in [0.1, 0.15) is 17.6 Å². The fourth-order valence-electron chi connectivity index (χ4n) is 4.67. The second kappa shape index (κ2) is 8.93. The number of ketones is 1. The van der Waals surface area contributed by atoms with E-state index in [-0.39, 0.29) is 17.4 Å². The number of carbonyl (C=O) groups is 2. The predicted molar refractivity (Wildman–Crippen MR) is 133 cm³/mol. The molecule has 2 aromatic carbocycles. The maximum absolute atomic E-state index is 13.2. The Hall–Kier alpha value is -3.09. The minimum Gasteiger partial charge on any atom is -0.507 e. The van der Waals surface area contributed by atoms with Crippen molar-refractivity contribution in [1.82, 2.24) is 4.90 Å². The molecule has 174 valence electrons. The number of hydrogen-bond donors (Lipinski definition) is 1. The van der Waals surface area contributed by atoms with Gasteiger partial charge in [0.25, 0.3) is 11.7 Å². The predicted octanol–water partition coefficient (Wildman–Crippen LogP) is 5.70. The number of ether oxygens (including phenoxy) is 1. The number of aliphatic hydroxyl groups is 1. The van der Waals surface area contributed by atoms with Crippen LogP contribution in [0.4, 0.5) is 0 Å². The first kappa shape index (κ1) is 22.7. The molecule has 1 fully saturated rings. The zero-order valence-corrected chi connectivity index (χ0v) is 20.4. The summed E-state index contributed by atoms with van der Waals surface area (Å²) in [5.74, 6) is -0.603. The number of likely N-dealkylation sites (tertiary alicyclic amines) is 1. The molecule has 2 atom stereocenters. The standard InChI is InChI=1S/C27H24ClNO4S/c1-15-10-12-34-26(15)23-22(24(30)18-5-8-21-19(14-18)13-16(2)33-21)25(31)27(32)29(23)11-9-17-3-6-20(28)7-4-17/h3-8,10,12,14,16,23,30H,9,11,13H2,1-2H3/b24-22-. The van der Waals surface area contributed by atoms with Crippen LogP contribution in [0, 0.1) is 6.92 Å². The normalized spacial score (nSPS) is 21.1. The number of amides is 1. The molecule has 5 nitrogen and oxygen atoms in total. The minimum atomic E-state index is -0.656. The Morgan fingerprint density at radius 2 is 1.94 bits per heavy atom. The number of carbonyl (C=O) groups excluding carboxylic acids is 2. The van der Waals surface area contributed by atoms with Gasteiger partial charge in [-0.25, -0.2) is 0 Å². The van der Waals surface area contributed by atoms with Gasteiger partial charge in [-0.2, -0.15) is 0 Å². The summed E-state index contributed by atoms with van der Waals surface area (Å²) < 4.78 is 5.77. The Morgan fingerprint density at radius 3 is 2.65 bits per heavy atom. The Labute approximate surface area is 207 Å². The zero-order valence-electron chi connectivity index (χ0n) is 18.9. The SMILES string of the molecule is Cc1ccsc1C1/C(=C(/O)c2ccc3c(c2)CC(C)O3)C(=O)C(=O)N1CCc1ccc(Cl)cc1. The van der Waals surface area contributed by atoms with Gasteiger partial charge >= 0.3 is 0 Å². The lowest BCUT2D eigenvalue weighted by atomic mass is 9.97. The molecule has 5 rings (SSSR count). The first-order valence-corrected chi connectivity index (χ1v) is 12.5. The highest BCUT2D eigenvalue weighted by atomic mass is 35.5. The van der Waals surface area contributed by atoms with Crippen molar-refractivity contribution in [3.05, 3.63) is 91.6 Å². The molecule has 0 spiro atoms. The quantitative estimate of drug-likeness (QED) is 0.281. The first-order chi connectivity index (χ1) is 16.3. The van der Waals surface area contributed by atoms with Gasteiger partial charge in [-0.1, -0.05) is 23.7 Å². The molecule has 3 aromatic rings. The number of thiophene rings is 1. The largest absolute Gasteiger partial charge is 0.507 e. The fraction of sp³-hybridized carbons (Fsp3) is 0.259. The van der Waals surface area contributed by atoms with Crippen molar-refractivity contribution in [3.8, 4) is 5.75 Å². The molecular formula is C27H24ClNO4S. The Balaban J connectivity index is 1.55. The van der Waals surface area contributed by atoms with Crippen LogP contribution in [0.1, 0.15) is 40.1 Å². The average Bonchev–Trinajstić information content (AvgIpc) is 3.48. The molecule has 0 bridgehead atoms. The van der Waals surface area contributed by atoms with Crippen LogP contribution in [-0.4, -0.2) is 34.3 Å². The summed E-state index contributed by atoms with van der Waals surface area (Å²) in [6.07, 6.45) is 1.37. The van der Waals surface area contributed by atoms with Gasteiger partial charge in [-0.3, -0.25) is 9.59 Å². The van der Waals surface area contributed by atoms with Crippen molar-refractivity contribution in [3.63, 3.8) is 0 Å². The van der Waals surface area contributed by atoms with Crippen LogP contribution in [0.3, 0.4) is 0 Å². The Morgan fingerprint density at radius 1 is 1.18 bits per heavy atom. The molecule has 0 radical (unpaired) electrons. The van der Waals surface area contributed by atoms with Crippen molar-refractivity contribution >= 4 is 40.4 Å². The van der Waals surface area contributed by atoms with Crippen LogP contribution < -0.4 is 4.74 Å². The van der Waals surface area contributed by atoms with Gasteiger partial charge in [0, 0.05) is 28.4 Å². The van der Waals surface area contributed by atoms with Crippen molar-refractivity contribution < 1.29 is 19.4 Å². The van der Waals surface area contributed by atoms with E-state index in [2.05, 4.69) is 0 Å².